The number of anilines is 1. The Kier molecular flexibility index (Phi) is 8.71. The minimum absolute atomic E-state index is 0.00133. The molecule has 0 aliphatic carbocycles. The molecule has 8 rings (SSSR count). The topological polar surface area (TPSA) is 137 Å². The van der Waals surface area contributed by atoms with Crippen LogP contribution < -0.4 is 15.4 Å². The van der Waals surface area contributed by atoms with Gasteiger partial charge < -0.3 is 20.4 Å². The summed E-state index contributed by atoms with van der Waals surface area (Å²) in [5.41, 5.74) is 7.07. The Morgan fingerprint density at radius 2 is 1.86 bits per heavy atom. The molecule has 6 aromatic rings. The Hall–Kier alpha value is -5.20. The molecular formula is C37H38FN9O2. The number of likely N-dealkylation sites (tertiary alicyclic amines) is 1. The fourth-order valence-electron chi connectivity index (χ4n) is 6.95. The van der Waals surface area contributed by atoms with Crippen LogP contribution in [-0.4, -0.2) is 80.3 Å². The number of nitrogens with zero attached hydrogens (tertiary/aromatic N) is 5. The first-order chi connectivity index (χ1) is 24.1. The van der Waals surface area contributed by atoms with Gasteiger partial charge in [-0.25, -0.2) is 9.37 Å². The molecule has 2 aliphatic rings. The number of hydrogen-bond donors (Lipinski definition) is 4. The number of rotatable bonds is 10. The highest BCUT2D eigenvalue weighted by molar-refractivity contribution is 5.99. The third kappa shape index (κ3) is 6.87. The highest BCUT2D eigenvalue weighted by atomic mass is 19.1. The number of amides is 1. The van der Waals surface area contributed by atoms with Crippen LogP contribution in [0.4, 0.5) is 10.1 Å². The molecule has 0 atom stereocenters. The SMILES string of the molecule is O=C(CC1CCNCC1)Nc1cncc(-c2ccc3[nH]nc(-c4cc5c(-c6cc(F)cc(OCCN7CCCC7)c6)nccc5[nH]4)c3n2)c1. The quantitative estimate of drug-likeness (QED) is 0.137. The van der Waals surface area contributed by atoms with Gasteiger partial charge in [0, 0.05) is 53.5 Å². The number of H-pyrrole nitrogens is 2. The Balaban J connectivity index is 1.05. The van der Waals surface area contributed by atoms with E-state index in [0.717, 1.165) is 73.2 Å². The summed E-state index contributed by atoms with van der Waals surface area (Å²) < 4.78 is 20.8. The largest absolute Gasteiger partial charge is 0.492 e. The van der Waals surface area contributed by atoms with Gasteiger partial charge in [-0.2, -0.15) is 5.10 Å². The molecule has 0 spiro atoms. The van der Waals surface area contributed by atoms with E-state index in [4.69, 9.17) is 9.72 Å². The first-order valence-corrected chi connectivity index (χ1v) is 17.0. The van der Waals surface area contributed by atoms with Gasteiger partial charge in [0.1, 0.15) is 29.4 Å². The van der Waals surface area contributed by atoms with Crippen LogP contribution in [0.5, 0.6) is 5.75 Å². The zero-order valence-corrected chi connectivity index (χ0v) is 27.1. The van der Waals surface area contributed by atoms with Crippen LogP contribution in [-0.2, 0) is 4.79 Å². The summed E-state index contributed by atoms with van der Waals surface area (Å²) >= 11 is 0. The van der Waals surface area contributed by atoms with Gasteiger partial charge >= 0.3 is 0 Å². The van der Waals surface area contributed by atoms with Crippen molar-refractivity contribution in [2.45, 2.75) is 32.1 Å². The molecule has 0 unspecified atom stereocenters. The van der Waals surface area contributed by atoms with E-state index in [0.29, 0.717) is 58.5 Å². The number of ether oxygens (including phenoxy) is 1. The Morgan fingerprint density at radius 3 is 2.73 bits per heavy atom. The Labute approximate surface area is 282 Å². The fourth-order valence-corrected chi connectivity index (χ4v) is 6.95. The third-order valence-electron chi connectivity index (χ3n) is 9.48. The average Bonchev–Trinajstić information content (AvgIpc) is 3.88. The number of halogens is 1. The van der Waals surface area contributed by atoms with E-state index in [1.165, 1.54) is 25.0 Å². The molecule has 49 heavy (non-hydrogen) atoms. The lowest BCUT2D eigenvalue weighted by molar-refractivity contribution is -0.117. The van der Waals surface area contributed by atoms with Crippen molar-refractivity contribution in [3.63, 3.8) is 0 Å². The van der Waals surface area contributed by atoms with Crippen molar-refractivity contribution >= 4 is 33.5 Å². The molecule has 2 saturated heterocycles. The van der Waals surface area contributed by atoms with Crippen molar-refractivity contribution in [2.24, 2.45) is 5.92 Å². The number of aromatic amines is 2. The number of carbonyl (C=O) groups excluding carboxylic acids is 1. The number of carbonyl (C=O) groups is 1. The summed E-state index contributed by atoms with van der Waals surface area (Å²) in [5.74, 6) is 0.503. The Morgan fingerprint density at radius 1 is 0.980 bits per heavy atom. The van der Waals surface area contributed by atoms with Crippen LogP contribution in [0.1, 0.15) is 32.1 Å². The summed E-state index contributed by atoms with van der Waals surface area (Å²) in [4.78, 5) is 32.6. The number of piperidine rings is 1. The molecule has 250 valence electrons. The number of pyridine rings is 3. The number of aromatic nitrogens is 6. The zero-order valence-electron chi connectivity index (χ0n) is 27.1. The van der Waals surface area contributed by atoms with Crippen molar-refractivity contribution in [2.75, 3.05) is 44.6 Å². The summed E-state index contributed by atoms with van der Waals surface area (Å²) in [5, 5.41) is 14.9. The van der Waals surface area contributed by atoms with E-state index in [2.05, 4.69) is 40.7 Å². The lowest BCUT2D eigenvalue weighted by atomic mass is 9.94. The molecule has 2 fully saturated rings. The van der Waals surface area contributed by atoms with Crippen molar-refractivity contribution in [3.05, 3.63) is 72.9 Å². The molecule has 2 aliphatic heterocycles. The van der Waals surface area contributed by atoms with Gasteiger partial charge in [-0.1, -0.05) is 0 Å². The molecule has 5 aromatic heterocycles. The van der Waals surface area contributed by atoms with Crippen LogP contribution in [0.3, 0.4) is 0 Å². The number of fused-ring (bicyclic) bond motifs is 2. The van der Waals surface area contributed by atoms with E-state index >= 15 is 0 Å². The highest BCUT2D eigenvalue weighted by Crippen LogP contribution is 2.35. The lowest BCUT2D eigenvalue weighted by Crippen LogP contribution is -2.30. The predicted molar refractivity (Wildman–Crippen MR) is 188 cm³/mol. The molecule has 0 radical (unpaired) electrons. The smallest absolute Gasteiger partial charge is 0.224 e. The van der Waals surface area contributed by atoms with Gasteiger partial charge in [0.05, 0.1) is 34.5 Å². The normalized spacial score (nSPS) is 15.7. The maximum Gasteiger partial charge on any atom is 0.224 e. The van der Waals surface area contributed by atoms with Crippen molar-refractivity contribution < 1.29 is 13.9 Å². The molecule has 1 amide bonds. The highest BCUT2D eigenvalue weighted by Gasteiger charge is 2.19. The van der Waals surface area contributed by atoms with Crippen LogP contribution in [0, 0.1) is 11.7 Å². The van der Waals surface area contributed by atoms with Gasteiger partial charge in [0.25, 0.3) is 0 Å². The van der Waals surface area contributed by atoms with E-state index in [1.54, 1.807) is 18.6 Å². The van der Waals surface area contributed by atoms with E-state index < -0.39 is 0 Å². The first kappa shape index (κ1) is 31.1. The molecule has 12 heteroatoms. The fraction of sp³-hybridized carbons (Fsp3) is 0.324. The third-order valence-corrected chi connectivity index (χ3v) is 9.48. The zero-order chi connectivity index (χ0) is 33.2. The van der Waals surface area contributed by atoms with Crippen molar-refractivity contribution in [1.29, 1.82) is 0 Å². The van der Waals surface area contributed by atoms with E-state index in [1.807, 2.05) is 36.4 Å². The monoisotopic (exact) mass is 659 g/mol. The second kappa shape index (κ2) is 13.7. The number of hydrogen-bond acceptors (Lipinski definition) is 8. The van der Waals surface area contributed by atoms with Crippen LogP contribution in [0.25, 0.3) is 55.8 Å². The van der Waals surface area contributed by atoms with Gasteiger partial charge in [-0.15, -0.1) is 0 Å². The molecule has 4 N–H and O–H groups in total. The summed E-state index contributed by atoms with van der Waals surface area (Å²) in [6.07, 6.45) is 10.1. The number of benzene rings is 1. The summed E-state index contributed by atoms with van der Waals surface area (Å²) in [7, 11) is 0. The Bertz CT molecular complexity index is 2110. The van der Waals surface area contributed by atoms with Crippen molar-refractivity contribution in [3.8, 4) is 39.7 Å². The minimum atomic E-state index is -0.377. The lowest BCUT2D eigenvalue weighted by Gasteiger charge is -2.21. The van der Waals surface area contributed by atoms with Crippen LogP contribution >= 0.6 is 0 Å². The van der Waals surface area contributed by atoms with E-state index in [-0.39, 0.29) is 11.7 Å². The molecule has 0 bridgehead atoms. The van der Waals surface area contributed by atoms with E-state index in [9.17, 15) is 9.18 Å². The number of nitrogens with one attached hydrogen (secondary N) is 4. The maximum absolute atomic E-state index is 14.8. The van der Waals surface area contributed by atoms with Crippen LogP contribution in [0.15, 0.2) is 67.1 Å². The summed E-state index contributed by atoms with van der Waals surface area (Å²) in [6.45, 7) is 5.42. The second-order valence-electron chi connectivity index (χ2n) is 12.9. The molecule has 11 nitrogen and oxygen atoms in total. The molecule has 1 aromatic carbocycles. The average molecular weight is 660 g/mol. The second-order valence-corrected chi connectivity index (χ2v) is 12.9. The van der Waals surface area contributed by atoms with Gasteiger partial charge in [0.15, 0.2) is 0 Å². The van der Waals surface area contributed by atoms with Crippen molar-refractivity contribution in [1.82, 2.24) is 40.3 Å². The van der Waals surface area contributed by atoms with Gasteiger partial charge in [-0.05, 0) is 100 Å². The molecule has 0 saturated carbocycles. The molecule has 7 heterocycles. The first-order valence-electron chi connectivity index (χ1n) is 17.0. The minimum Gasteiger partial charge on any atom is -0.492 e. The maximum atomic E-state index is 14.8. The van der Waals surface area contributed by atoms with Gasteiger partial charge in [-0.3, -0.25) is 24.8 Å². The van der Waals surface area contributed by atoms with Gasteiger partial charge in [0.2, 0.25) is 5.91 Å². The molecular weight excluding hydrogens is 621 g/mol. The summed E-state index contributed by atoms with van der Waals surface area (Å²) in [6, 6.07) is 14.3. The van der Waals surface area contributed by atoms with Crippen LogP contribution in [0.2, 0.25) is 0 Å². The standard InChI is InChI=1S/C37H38FN9O2/c38-26-16-24(18-28(19-26)49-14-13-47-11-1-2-12-47)35-29-20-33(43-31(29)7-10-41-35)37-36-32(45-46-37)4-3-30(44-36)25-17-27(22-40-21-25)42-34(48)15-23-5-8-39-9-6-23/h3-4,7,10,16-23,39,43H,1-2,5-6,8-9,11-15H2,(H,42,48)(H,45,46). The predicted octanol–water partition coefficient (Wildman–Crippen LogP) is 6.17.